The molecule has 3 fully saturated rings. The van der Waals surface area contributed by atoms with Crippen molar-refractivity contribution in [3.8, 4) is 0 Å². The van der Waals surface area contributed by atoms with Gasteiger partial charge in [-0.25, -0.2) is 4.79 Å². The molecule has 1 atom stereocenters. The number of nitrogens with zero attached hydrogens (tertiary/aromatic N) is 2. The summed E-state index contributed by atoms with van der Waals surface area (Å²) >= 11 is 3.53. The maximum absolute atomic E-state index is 13.5. The van der Waals surface area contributed by atoms with E-state index in [0.29, 0.717) is 12.5 Å². The van der Waals surface area contributed by atoms with Gasteiger partial charge in [0.25, 0.3) is 0 Å². The second-order valence-electron chi connectivity index (χ2n) is 9.29. The summed E-state index contributed by atoms with van der Waals surface area (Å²) in [6.07, 6.45) is 3.26. The lowest BCUT2D eigenvalue weighted by molar-refractivity contribution is -0.945. The van der Waals surface area contributed by atoms with E-state index in [1.165, 1.54) is 18.0 Å². The minimum atomic E-state index is -0.209. The molecular weight excluding hydrogens is 436 g/mol. The summed E-state index contributed by atoms with van der Waals surface area (Å²) in [7, 11) is 0. The third kappa shape index (κ3) is 4.77. The van der Waals surface area contributed by atoms with Crippen LogP contribution in [0.15, 0.2) is 59.3 Å². The number of hydrogen-bond donors (Lipinski definition) is 0. The molecule has 168 valence electrons. The molecule has 3 aliphatic heterocycles. The third-order valence-corrected chi connectivity index (χ3v) is 8.93. The predicted octanol–water partition coefficient (Wildman–Crippen LogP) is 6.11. The van der Waals surface area contributed by atoms with Gasteiger partial charge in [0.2, 0.25) is 0 Å². The number of ether oxygens (including phenoxy) is 1. The van der Waals surface area contributed by atoms with Crippen LogP contribution >= 0.6 is 22.7 Å². The largest absolute Gasteiger partial charge is 0.440 e. The predicted molar refractivity (Wildman–Crippen MR) is 132 cm³/mol. The zero-order chi connectivity index (χ0) is 22.0. The molecule has 0 radical (unpaired) electrons. The van der Waals surface area contributed by atoms with Crippen molar-refractivity contribution >= 4 is 34.5 Å². The Labute approximate surface area is 198 Å². The van der Waals surface area contributed by atoms with E-state index in [-0.39, 0.29) is 12.2 Å². The minimum Gasteiger partial charge on any atom is -0.440 e. The Morgan fingerprint density at radius 2 is 1.81 bits per heavy atom. The molecule has 6 heteroatoms. The molecule has 3 saturated heterocycles. The molecule has 0 unspecified atom stereocenters. The number of quaternary nitrogens is 1. The molecule has 0 spiro atoms. The van der Waals surface area contributed by atoms with Crippen molar-refractivity contribution in [3.05, 3.63) is 74.6 Å². The van der Waals surface area contributed by atoms with Crippen LogP contribution in [-0.2, 0) is 17.7 Å². The summed E-state index contributed by atoms with van der Waals surface area (Å²) in [4.78, 5) is 17.9. The maximum atomic E-state index is 13.5. The number of thiophene rings is 2. The van der Waals surface area contributed by atoms with E-state index in [4.69, 9.17) is 4.74 Å². The minimum absolute atomic E-state index is 0.0176. The monoisotopic (exact) mass is 467 g/mol. The number of amides is 1. The zero-order valence-electron chi connectivity index (χ0n) is 18.6. The molecule has 6 rings (SSSR count). The van der Waals surface area contributed by atoms with Gasteiger partial charge in [0.15, 0.2) is 6.10 Å². The van der Waals surface area contributed by atoms with Crippen molar-refractivity contribution in [2.75, 3.05) is 31.1 Å². The Kier molecular flexibility index (Phi) is 6.35. The van der Waals surface area contributed by atoms with Crippen LogP contribution in [0.25, 0.3) is 0 Å². The molecule has 5 heterocycles. The Balaban J connectivity index is 1.30. The molecule has 3 aromatic rings. The van der Waals surface area contributed by atoms with E-state index in [1.54, 1.807) is 11.3 Å². The normalized spacial score (nSPS) is 24.4. The molecule has 1 aromatic carbocycles. The fraction of sp³-hybridized carbons (Fsp3) is 0.423. The van der Waals surface area contributed by atoms with Crippen LogP contribution in [0, 0.1) is 12.8 Å². The topological polar surface area (TPSA) is 29.5 Å². The van der Waals surface area contributed by atoms with Gasteiger partial charge >= 0.3 is 6.09 Å². The number of aryl methyl sites for hydroxylation is 1. The van der Waals surface area contributed by atoms with Crippen molar-refractivity contribution in [1.82, 2.24) is 0 Å². The standard InChI is InChI=1S/C26H31N2O2S2/c1-20-5-2-6-22(17-20)27(18-24-8-4-16-32-24)26(29)30-25-19-28(12-9-21(25)10-13-28)14-11-23-7-3-15-31-23/h2-8,15-17,21,25H,9-14,18-19H2,1H3/q+1/t21?,25-,28?/m0/s1. The van der Waals surface area contributed by atoms with Gasteiger partial charge < -0.3 is 9.22 Å². The van der Waals surface area contributed by atoms with Gasteiger partial charge in [0.1, 0.15) is 6.54 Å². The average molecular weight is 468 g/mol. The smallest absolute Gasteiger partial charge is 0.415 e. The summed E-state index contributed by atoms with van der Waals surface area (Å²) in [5, 5.41) is 4.22. The molecule has 0 N–H and O–H groups in total. The Bertz CT molecular complexity index is 1020. The van der Waals surface area contributed by atoms with Crippen molar-refractivity contribution in [2.45, 2.75) is 38.8 Å². The van der Waals surface area contributed by atoms with E-state index in [1.807, 2.05) is 34.4 Å². The van der Waals surface area contributed by atoms with Crippen LogP contribution in [0.3, 0.4) is 0 Å². The van der Waals surface area contributed by atoms with Gasteiger partial charge in [0.05, 0.1) is 26.2 Å². The quantitative estimate of drug-likeness (QED) is 0.392. The first-order chi connectivity index (χ1) is 15.6. The number of benzene rings is 1. The first kappa shape index (κ1) is 21.7. The van der Waals surface area contributed by atoms with Crippen LogP contribution in [-0.4, -0.2) is 42.9 Å². The summed E-state index contributed by atoms with van der Waals surface area (Å²) in [5.74, 6) is 0.502. The SMILES string of the molecule is Cc1cccc(N(Cc2cccs2)C(=O)O[C@H]2C[N+]3(CCc4cccs4)CCC2CC3)c1. The third-order valence-electron chi connectivity index (χ3n) is 7.13. The molecule has 32 heavy (non-hydrogen) atoms. The maximum Gasteiger partial charge on any atom is 0.415 e. The van der Waals surface area contributed by atoms with Crippen LogP contribution in [0.1, 0.15) is 28.2 Å². The second-order valence-corrected chi connectivity index (χ2v) is 11.4. The second kappa shape index (κ2) is 9.38. The van der Waals surface area contributed by atoms with Gasteiger partial charge in [-0.05, 0) is 47.5 Å². The number of anilines is 1. The lowest BCUT2D eigenvalue weighted by atomic mass is 9.83. The first-order valence-electron chi connectivity index (χ1n) is 11.5. The number of hydrogen-bond acceptors (Lipinski definition) is 4. The fourth-order valence-electron chi connectivity index (χ4n) is 5.28. The van der Waals surface area contributed by atoms with E-state index in [0.717, 1.165) is 53.0 Å². The van der Waals surface area contributed by atoms with Crippen molar-refractivity contribution < 1.29 is 14.0 Å². The summed E-state index contributed by atoms with van der Waals surface area (Å²) < 4.78 is 7.37. The average Bonchev–Trinajstić information content (AvgIpc) is 3.51. The Morgan fingerprint density at radius 3 is 2.50 bits per heavy atom. The van der Waals surface area contributed by atoms with Gasteiger partial charge in [-0.15, -0.1) is 22.7 Å². The summed E-state index contributed by atoms with van der Waals surface area (Å²) in [6, 6.07) is 16.6. The summed E-state index contributed by atoms with van der Waals surface area (Å²) in [5.41, 5.74) is 2.05. The fourth-order valence-corrected chi connectivity index (χ4v) is 6.67. The van der Waals surface area contributed by atoms with Gasteiger partial charge in [-0.3, -0.25) is 4.90 Å². The molecule has 1 amide bonds. The number of fused-ring (bicyclic) bond motifs is 3. The Hall–Kier alpha value is -2.15. The highest BCUT2D eigenvalue weighted by Crippen LogP contribution is 2.36. The number of carbonyl (C=O) groups is 1. The highest BCUT2D eigenvalue weighted by atomic mass is 32.1. The highest BCUT2D eigenvalue weighted by molar-refractivity contribution is 7.10. The lowest BCUT2D eigenvalue weighted by Crippen LogP contribution is -2.65. The van der Waals surface area contributed by atoms with Crippen molar-refractivity contribution in [1.29, 1.82) is 0 Å². The lowest BCUT2D eigenvalue weighted by Gasteiger charge is -2.52. The molecule has 3 aliphatic rings. The van der Waals surface area contributed by atoms with E-state index < -0.39 is 0 Å². The number of rotatable bonds is 7. The highest BCUT2D eigenvalue weighted by Gasteiger charge is 2.47. The van der Waals surface area contributed by atoms with Gasteiger partial charge in [-0.2, -0.15) is 0 Å². The van der Waals surface area contributed by atoms with Crippen LogP contribution in [0.4, 0.5) is 10.5 Å². The van der Waals surface area contributed by atoms with E-state index >= 15 is 0 Å². The molecule has 4 nitrogen and oxygen atoms in total. The molecule has 2 aromatic heterocycles. The van der Waals surface area contributed by atoms with Gasteiger partial charge in [-0.1, -0.05) is 24.3 Å². The number of piperidine rings is 3. The van der Waals surface area contributed by atoms with Crippen LogP contribution in [0.2, 0.25) is 0 Å². The van der Waals surface area contributed by atoms with E-state index in [9.17, 15) is 4.79 Å². The summed E-state index contributed by atoms with van der Waals surface area (Å²) in [6.45, 7) is 7.17. The van der Waals surface area contributed by atoms with Gasteiger partial charge in [0, 0.05) is 40.6 Å². The Morgan fingerprint density at radius 1 is 1.06 bits per heavy atom. The molecule has 2 bridgehead atoms. The number of carbonyl (C=O) groups excluding carboxylic acids is 1. The van der Waals surface area contributed by atoms with E-state index in [2.05, 4.69) is 48.0 Å². The van der Waals surface area contributed by atoms with Crippen LogP contribution in [0.5, 0.6) is 0 Å². The van der Waals surface area contributed by atoms with Crippen molar-refractivity contribution in [3.63, 3.8) is 0 Å². The molecule has 0 saturated carbocycles. The first-order valence-corrected chi connectivity index (χ1v) is 13.3. The van der Waals surface area contributed by atoms with Crippen molar-refractivity contribution in [2.24, 2.45) is 5.92 Å². The zero-order valence-corrected chi connectivity index (χ0v) is 20.2. The molecular formula is C26H31N2O2S2+. The van der Waals surface area contributed by atoms with Crippen LogP contribution < -0.4 is 4.90 Å². The molecule has 0 aliphatic carbocycles.